The second-order valence-electron chi connectivity index (χ2n) is 5.21. The SMILES string of the molecule is CCC1OCCC1CNC(=O)c1cc(C)cc(N)c1. The predicted octanol–water partition coefficient (Wildman–Crippen LogP) is 2.12. The first-order valence-electron chi connectivity index (χ1n) is 6.87. The lowest BCUT2D eigenvalue weighted by molar-refractivity contribution is 0.0827. The zero-order valence-electron chi connectivity index (χ0n) is 11.6. The maximum atomic E-state index is 12.1. The summed E-state index contributed by atoms with van der Waals surface area (Å²) in [4.78, 5) is 12.1. The summed E-state index contributed by atoms with van der Waals surface area (Å²) in [5.41, 5.74) is 8.01. The Morgan fingerprint density at radius 1 is 1.47 bits per heavy atom. The summed E-state index contributed by atoms with van der Waals surface area (Å²) in [6.07, 6.45) is 2.30. The molecule has 1 heterocycles. The molecular weight excluding hydrogens is 240 g/mol. The Balaban J connectivity index is 1.94. The molecular formula is C15H22N2O2. The third-order valence-corrected chi connectivity index (χ3v) is 3.64. The lowest BCUT2D eigenvalue weighted by Crippen LogP contribution is -2.32. The van der Waals surface area contributed by atoms with Crippen molar-refractivity contribution in [1.29, 1.82) is 0 Å². The van der Waals surface area contributed by atoms with E-state index in [4.69, 9.17) is 10.5 Å². The van der Waals surface area contributed by atoms with Gasteiger partial charge in [0, 0.05) is 30.3 Å². The smallest absolute Gasteiger partial charge is 0.251 e. The number of carbonyl (C=O) groups is 1. The molecule has 1 saturated heterocycles. The molecule has 1 amide bonds. The second kappa shape index (κ2) is 6.06. The Morgan fingerprint density at radius 2 is 2.26 bits per heavy atom. The maximum Gasteiger partial charge on any atom is 0.251 e. The highest BCUT2D eigenvalue weighted by Gasteiger charge is 2.26. The van der Waals surface area contributed by atoms with Crippen LogP contribution in [0, 0.1) is 12.8 Å². The molecule has 2 atom stereocenters. The average Bonchev–Trinajstić information content (AvgIpc) is 2.82. The van der Waals surface area contributed by atoms with E-state index < -0.39 is 0 Å². The molecule has 0 radical (unpaired) electrons. The standard InChI is InChI=1S/C15H22N2O2/c1-3-14-11(4-5-19-14)9-17-15(18)12-6-10(2)7-13(16)8-12/h6-8,11,14H,3-5,9,16H2,1-2H3,(H,17,18). The van der Waals surface area contributed by atoms with Gasteiger partial charge in [-0.3, -0.25) is 4.79 Å². The molecule has 1 fully saturated rings. The van der Waals surface area contributed by atoms with E-state index in [1.54, 1.807) is 6.07 Å². The van der Waals surface area contributed by atoms with Crippen molar-refractivity contribution in [1.82, 2.24) is 5.32 Å². The number of nitrogens with two attached hydrogens (primary N) is 1. The van der Waals surface area contributed by atoms with Gasteiger partial charge in [-0.05, 0) is 43.5 Å². The molecule has 19 heavy (non-hydrogen) atoms. The van der Waals surface area contributed by atoms with Crippen molar-refractivity contribution in [2.75, 3.05) is 18.9 Å². The predicted molar refractivity (Wildman–Crippen MR) is 76.1 cm³/mol. The van der Waals surface area contributed by atoms with Gasteiger partial charge >= 0.3 is 0 Å². The van der Waals surface area contributed by atoms with Crippen LogP contribution in [0.1, 0.15) is 35.7 Å². The van der Waals surface area contributed by atoms with Crippen LogP contribution in [0.2, 0.25) is 0 Å². The van der Waals surface area contributed by atoms with E-state index in [9.17, 15) is 4.79 Å². The molecule has 3 N–H and O–H groups in total. The highest BCUT2D eigenvalue weighted by atomic mass is 16.5. The van der Waals surface area contributed by atoms with Crippen molar-refractivity contribution < 1.29 is 9.53 Å². The number of aryl methyl sites for hydroxylation is 1. The fraction of sp³-hybridized carbons (Fsp3) is 0.533. The van der Waals surface area contributed by atoms with Crippen molar-refractivity contribution in [2.24, 2.45) is 5.92 Å². The van der Waals surface area contributed by atoms with Gasteiger partial charge in [0.25, 0.3) is 5.91 Å². The van der Waals surface area contributed by atoms with Gasteiger partial charge in [0.05, 0.1) is 6.10 Å². The van der Waals surface area contributed by atoms with Crippen LogP contribution in [0.15, 0.2) is 18.2 Å². The van der Waals surface area contributed by atoms with Crippen molar-refractivity contribution >= 4 is 11.6 Å². The lowest BCUT2D eigenvalue weighted by atomic mass is 9.99. The van der Waals surface area contributed by atoms with E-state index in [-0.39, 0.29) is 12.0 Å². The summed E-state index contributed by atoms with van der Waals surface area (Å²) >= 11 is 0. The first kappa shape index (κ1) is 13.9. The minimum atomic E-state index is -0.0582. The number of rotatable bonds is 4. The van der Waals surface area contributed by atoms with E-state index in [1.807, 2.05) is 19.1 Å². The summed E-state index contributed by atoms with van der Waals surface area (Å²) in [6, 6.07) is 5.42. The molecule has 0 bridgehead atoms. The van der Waals surface area contributed by atoms with Crippen LogP contribution in [0.3, 0.4) is 0 Å². The van der Waals surface area contributed by atoms with E-state index in [0.29, 0.717) is 23.7 Å². The number of amides is 1. The second-order valence-corrected chi connectivity index (χ2v) is 5.21. The zero-order valence-corrected chi connectivity index (χ0v) is 11.6. The van der Waals surface area contributed by atoms with Gasteiger partial charge in [0.1, 0.15) is 0 Å². The van der Waals surface area contributed by atoms with Gasteiger partial charge in [0.2, 0.25) is 0 Å². The number of benzene rings is 1. The Kier molecular flexibility index (Phi) is 4.43. The van der Waals surface area contributed by atoms with Crippen LogP contribution in [0.5, 0.6) is 0 Å². The molecule has 2 rings (SSSR count). The van der Waals surface area contributed by atoms with E-state index in [0.717, 1.165) is 25.0 Å². The third kappa shape index (κ3) is 3.47. The van der Waals surface area contributed by atoms with Crippen molar-refractivity contribution in [2.45, 2.75) is 32.8 Å². The van der Waals surface area contributed by atoms with E-state index in [1.165, 1.54) is 0 Å². The van der Waals surface area contributed by atoms with Crippen molar-refractivity contribution in [3.05, 3.63) is 29.3 Å². The van der Waals surface area contributed by atoms with Gasteiger partial charge in [0.15, 0.2) is 0 Å². The van der Waals surface area contributed by atoms with Crippen LogP contribution in [0.25, 0.3) is 0 Å². The number of nitrogens with one attached hydrogen (secondary N) is 1. The minimum Gasteiger partial charge on any atom is -0.399 e. The van der Waals surface area contributed by atoms with Gasteiger partial charge in [-0.15, -0.1) is 0 Å². The van der Waals surface area contributed by atoms with Crippen molar-refractivity contribution in [3.63, 3.8) is 0 Å². The molecule has 104 valence electrons. The fourth-order valence-corrected chi connectivity index (χ4v) is 2.65. The Hall–Kier alpha value is -1.55. The van der Waals surface area contributed by atoms with Crippen LogP contribution >= 0.6 is 0 Å². The Labute approximate surface area is 114 Å². The normalized spacial score (nSPS) is 22.4. The van der Waals surface area contributed by atoms with Gasteiger partial charge < -0.3 is 15.8 Å². The molecule has 1 aromatic carbocycles. The number of hydrogen-bond acceptors (Lipinski definition) is 3. The summed E-state index contributed by atoms with van der Waals surface area (Å²) in [6.45, 7) is 5.53. The first-order chi connectivity index (χ1) is 9.10. The number of hydrogen-bond donors (Lipinski definition) is 2. The molecule has 0 saturated carbocycles. The molecule has 0 aliphatic carbocycles. The molecule has 0 aromatic heterocycles. The molecule has 1 aromatic rings. The largest absolute Gasteiger partial charge is 0.399 e. The Bertz CT molecular complexity index is 439. The lowest BCUT2D eigenvalue weighted by Gasteiger charge is -2.17. The topological polar surface area (TPSA) is 64.3 Å². The highest BCUT2D eigenvalue weighted by Crippen LogP contribution is 2.22. The van der Waals surface area contributed by atoms with Crippen LogP contribution < -0.4 is 11.1 Å². The monoisotopic (exact) mass is 262 g/mol. The van der Waals surface area contributed by atoms with Crippen LogP contribution in [0.4, 0.5) is 5.69 Å². The first-order valence-corrected chi connectivity index (χ1v) is 6.87. The van der Waals surface area contributed by atoms with E-state index in [2.05, 4.69) is 12.2 Å². The fourth-order valence-electron chi connectivity index (χ4n) is 2.65. The third-order valence-electron chi connectivity index (χ3n) is 3.64. The van der Waals surface area contributed by atoms with Crippen LogP contribution in [-0.2, 0) is 4.74 Å². The average molecular weight is 262 g/mol. The molecule has 4 heteroatoms. The zero-order chi connectivity index (χ0) is 13.8. The molecule has 0 spiro atoms. The number of ether oxygens (including phenoxy) is 1. The number of anilines is 1. The number of carbonyl (C=O) groups excluding carboxylic acids is 1. The molecule has 1 aliphatic rings. The van der Waals surface area contributed by atoms with Gasteiger partial charge in [-0.2, -0.15) is 0 Å². The quantitative estimate of drug-likeness (QED) is 0.817. The molecule has 1 aliphatic heterocycles. The summed E-state index contributed by atoms with van der Waals surface area (Å²) in [7, 11) is 0. The molecule has 4 nitrogen and oxygen atoms in total. The minimum absolute atomic E-state index is 0.0582. The van der Waals surface area contributed by atoms with E-state index >= 15 is 0 Å². The van der Waals surface area contributed by atoms with Crippen LogP contribution in [-0.4, -0.2) is 25.2 Å². The van der Waals surface area contributed by atoms with Gasteiger partial charge in [-0.1, -0.05) is 6.92 Å². The highest BCUT2D eigenvalue weighted by molar-refractivity contribution is 5.95. The summed E-state index contributed by atoms with van der Waals surface area (Å²) < 4.78 is 5.62. The number of nitrogen functional groups attached to an aromatic ring is 1. The maximum absolute atomic E-state index is 12.1. The van der Waals surface area contributed by atoms with Gasteiger partial charge in [-0.25, -0.2) is 0 Å². The summed E-state index contributed by atoms with van der Waals surface area (Å²) in [5, 5.41) is 2.99. The molecule has 2 unspecified atom stereocenters. The Morgan fingerprint density at radius 3 is 2.95 bits per heavy atom. The van der Waals surface area contributed by atoms with Crippen molar-refractivity contribution in [3.8, 4) is 0 Å². The summed E-state index contributed by atoms with van der Waals surface area (Å²) in [5.74, 6) is 0.369.